The number of aliphatic hydroxyl groups is 1. The summed E-state index contributed by atoms with van der Waals surface area (Å²) >= 11 is 0. The van der Waals surface area contributed by atoms with Crippen LogP contribution in [0.5, 0.6) is 0 Å². The first-order chi connectivity index (χ1) is 9.97. The largest absolute Gasteiger partial charge is 0.390 e. The Bertz CT molecular complexity index is 703. The number of carbonyl (C=O) groups excluding carboxylic acids is 1. The van der Waals surface area contributed by atoms with Crippen molar-refractivity contribution in [3.05, 3.63) is 23.8 Å². The predicted octanol–water partition coefficient (Wildman–Crippen LogP) is 3.20. The standard InChI is InChI=1S/C17H25N3O2/c1-11-7-8-12-13(9-11)20(16(2,3)4)15(18-12)19-14(21)10-17(5,6)22/h7-9,22H,10H2,1-6H3,(H,18,19,21). The zero-order valence-corrected chi connectivity index (χ0v) is 14.2. The first kappa shape index (κ1) is 16.5. The average Bonchev–Trinajstić information content (AvgIpc) is 2.62. The van der Waals surface area contributed by atoms with Gasteiger partial charge in [-0.1, -0.05) is 6.07 Å². The molecule has 0 unspecified atom stereocenters. The maximum absolute atomic E-state index is 12.1. The number of aryl methyl sites for hydroxylation is 1. The number of benzene rings is 1. The number of imidazole rings is 1. The summed E-state index contributed by atoms with van der Waals surface area (Å²) in [7, 11) is 0. The molecule has 5 heteroatoms. The summed E-state index contributed by atoms with van der Waals surface area (Å²) in [5.74, 6) is 0.271. The lowest BCUT2D eigenvalue weighted by Crippen LogP contribution is -2.30. The lowest BCUT2D eigenvalue weighted by Gasteiger charge is -2.25. The van der Waals surface area contributed by atoms with E-state index in [1.54, 1.807) is 13.8 Å². The van der Waals surface area contributed by atoms with Crippen LogP contribution in [0.3, 0.4) is 0 Å². The molecule has 0 aliphatic rings. The van der Waals surface area contributed by atoms with Crippen molar-refractivity contribution in [1.29, 1.82) is 0 Å². The quantitative estimate of drug-likeness (QED) is 0.915. The molecule has 1 aromatic heterocycles. The Morgan fingerprint density at radius 3 is 2.45 bits per heavy atom. The molecule has 0 spiro atoms. The maximum Gasteiger partial charge on any atom is 0.229 e. The van der Waals surface area contributed by atoms with Gasteiger partial charge in [0, 0.05) is 5.54 Å². The number of nitrogens with one attached hydrogen (secondary N) is 1. The van der Waals surface area contributed by atoms with Gasteiger partial charge in [-0.2, -0.15) is 0 Å². The van der Waals surface area contributed by atoms with Crippen LogP contribution in [0.4, 0.5) is 5.95 Å². The normalized spacial score (nSPS) is 12.7. The van der Waals surface area contributed by atoms with Crippen LogP contribution in [-0.2, 0) is 10.3 Å². The SMILES string of the molecule is Cc1ccc2nc(NC(=O)CC(C)(C)O)n(C(C)(C)C)c2c1. The first-order valence-electron chi connectivity index (χ1n) is 7.49. The number of aromatic nitrogens is 2. The molecule has 22 heavy (non-hydrogen) atoms. The Kier molecular flexibility index (Phi) is 4.04. The van der Waals surface area contributed by atoms with Crippen LogP contribution in [0.25, 0.3) is 11.0 Å². The number of anilines is 1. The zero-order valence-electron chi connectivity index (χ0n) is 14.2. The van der Waals surface area contributed by atoms with Gasteiger partial charge in [-0.25, -0.2) is 4.98 Å². The minimum absolute atomic E-state index is 0.0272. The molecule has 5 nitrogen and oxygen atoms in total. The van der Waals surface area contributed by atoms with Crippen molar-refractivity contribution in [2.45, 2.75) is 59.1 Å². The van der Waals surface area contributed by atoms with Gasteiger partial charge in [0.15, 0.2) is 0 Å². The highest BCUT2D eigenvalue weighted by molar-refractivity contribution is 5.92. The van der Waals surface area contributed by atoms with E-state index in [0.717, 1.165) is 16.6 Å². The van der Waals surface area contributed by atoms with Gasteiger partial charge in [0.1, 0.15) is 0 Å². The number of carbonyl (C=O) groups is 1. The van der Waals surface area contributed by atoms with Crippen LogP contribution >= 0.6 is 0 Å². The van der Waals surface area contributed by atoms with Crippen LogP contribution in [0.1, 0.15) is 46.6 Å². The van der Waals surface area contributed by atoms with Crippen LogP contribution in [-0.4, -0.2) is 26.2 Å². The molecule has 1 heterocycles. The van der Waals surface area contributed by atoms with Crippen molar-refractivity contribution in [2.24, 2.45) is 0 Å². The smallest absolute Gasteiger partial charge is 0.229 e. The van der Waals surface area contributed by atoms with Gasteiger partial charge in [0.2, 0.25) is 11.9 Å². The second kappa shape index (κ2) is 5.39. The molecule has 1 amide bonds. The number of amides is 1. The van der Waals surface area contributed by atoms with Crippen molar-refractivity contribution in [2.75, 3.05) is 5.32 Å². The monoisotopic (exact) mass is 303 g/mol. The van der Waals surface area contributed by atoms with E-state index >= 15 is 0 Å². The van der Waals surface area contributed by atoms with Gasteiger partial charge >= 0.3 is 0 Å². The summed E-state index contributed by atoms with van der Waals surface area (Å²) in [5, 5.41) is 12.6. The Hall–Kier alpha value is -1.88. The Morgan fingerprint density at radius 1 is 1.27 bits per heavy atom. The van der Waals surface area contributed by atoms with E-state index in [0.29, 0.717) is 5.95 Å². The van der Waals surface area contributed by atoms with E-state index in [1.165, 1.54) is 0 Å². The second-order valence-electron chi connectivity index (χ2n) is 7.47. The molecule has 0 atom stereocenters. The summed E-state index contributed by atoms with van der Waals surface area (Å²) < 4.78 is 2.03. The van der Waals surface area contributed by atoms with Crippen LogP contribution in [0.2, 0.25) is 0 Å². The Balaban J connectivity index is 2.47. The highest BCUT2D eigenvalue weighted by atomic mass is 16.3. The van der Waals surface area contributed by atoms with Crippen LogP contribution < -0.4 is 5.32 Å². The third-order valence-electron chi connectivity index (χ3n) is 3.33. The summed E-state index contributed by atoms with van der Waals surface area (Å²) in [6, 6.07) is 6.03. The molecule has 2 N–H and O–H groups in total. The summed E-state index contributed by atoms with van der Waals surface area (Å²) in [4.78, 5) is 16.7. The van der Waals surface area contributed by atoms with Gasteiger partial charge in [-0.15, -0.1) is 0 Å². The molecule has 0 aliphatic heterocycles. The lowest BCUT2D eigenvalue weighted by atomic mass is 10.1. The fourth-order valence-electron chi connectivity index (χ4n) is 2.51. The molecule has 0 saturated heterocycles. The molecule has 120 valence electrons. The maximum atomic E-state index is 12.1. The highest BCUT2D eigenvalue weighted by Crippen LogP contribution is 2.29. The van der Waals surface area contributed by atoms with Gasteiger partial charge < -0.3 is 9.67 Å². The van der Waals surface area contributed by atoms with Crippen molar-refractivity contribution >= 4 is 22.9 Å². The number of rotatable bonds is 3. The molecular formula is C17H25N3O2. The average molecular weight is 303 g/mol. The fourth-order valence-corrected chi connectivity index (χ4v) is 2.51. The third-order valence-corrected chi connectivity index (χ3v) is 3.33. The van der Waals surface area contributed by atoms with Crippen molar-refractivity contribution in [3.8, 4) is 0 Å². The van der Waals surface area contributed by atoms with Crippen LogP contribution in [0.15, 0.2) is 18.2 Å². The predicted molar refractivity (Wildman–Crippen MR) is 89.0 cm³/mol. The number of hydrogen-bond donors (Lipinski definition) is 2. The van der Waals surface area contributed by atoms with E-state index in [9.17, 15) is 9.90 Å². The van der Waals surface area contributed by atoms with Crippen molar-refractivity contribution < 1.29 is 9.90 Å². The highest BCUT2D eigenvalue weighted by Gasteiger charge is 2.24. The first-order valence-corrected chi connectivity index (χ1v) is 7.49. The van der Waals surface area contributed by atoms with Gasteiger partial charge in [-0.3, -0.25) is 10.1 Å². The van der Waals surface area contributed by atoms with Crippen molar-refractivity contribution in [1.82, 2.24) is 9.55 Å². The summed E-state index contributed by atoms with van der Waals surface area (Å²) in [6.45, 7) is 11.5. The number of fused-ring (bicyclic) bond motifs is 1. The number of hydrogen-bond acceptors (Lipinski definition) is 3. The summed E-state index contributed by atoms with van der Waals surface area (Å²) in [6.07, 6.45) is 0.0272. The van der Waals surface area contributed by atoms with E-state index in [1.807, 2.05) is 23.6 Å². The molecule has 0 fully saturated rings. The lowest BCUT2D eigenvalue weighted by molar-refractivity contribution is -0.119. The summed E-state index contributed by atoms with van der Waals surface area (Å²) in [5.41, 5.74) is 1.72. The fraction of sp³-hybridized carbons (Fsp3) is 0.529. The molecule has 0 saturated carbocycles. The Labute approximate surface area is 131 Å². The molecule has 0 radical (unpaired) electrons. The zero-order chi connectivity index (χ0) is 16.7. The van der Waals surface area contributed by atoms with Crippen molar-refractivity contribution in [3.63, 3.8) is 0 Å². The molecule has 2 rings (SSSR count). The van der Waals surface area contributed by atoms with Gasteiger partial charge in [-0.05, 0) is 59.2 Å². The molecule has 2 aromatic rings. The van der Waals surface area contributed by atoms with E-state index < -0.39 is 5.60 Å². The van der Waals surface area contributed by atoms with Crippen LogP contribution in [0, 0.1) is 6.92 Å². The molecule has 1 aromatic carbocycles. The minimum atomic E-state index is -1.04. The van der Waals surface area contributed by atoms with E-state index in [2.05, 4.69) is 37.1 Å². The number of nitrogens with zero attached hydrogens (tertiary/aromatic N) is 2. The van der Waals surface area contributed by atoms with E-state index in [4.69, 9.17) is 0 Å². The van der Waals surface area contributed by atoms with E-state index in [-0.39, 0.29) is 17.9 Å². The molecule has 0 bridgehead atoms. The minimum Gasteiger partial charge on any atom is -0.390 e. The molecular weight excluding hydrogens is 278 g/mol. The third kappa shape index (κ3) is 3.65. The van der Waals surface area contributed by atoms with Gasteiger partial charge in [0.25, 0.3) is 0 Å². The second-order valence-corrected chi connectivity index (χ2v) is 7.47. The Morgan fingerprint density at radius 2 is 1.91 bits per heavy atom. The topological polar surface area (TPSA) is 67.2 Å². The molecule has 0 aliphatic carbocycles. The van der Waals surface area contributed by atoms with Gasteiger partial charge in [0.05, 0.1) is 23.1 Å².